The molecule has 0 saturated carbocycles. The fraction of sp³-hybridized carbons (Fsp3) is 0.533. The lowest BCUT2D eigenvalue weighted by Gasteiger charge is -2.34. The van der Waals surface area contributed by atoms with E-state index in [9.17, 15) is 4.79 Å². The topological polar surface area (TPSA) is 29.5 Å². The van der Waals surface area contributed by atoms with Crippen LogP contribution >= 0.6 is 11.6 Å². The van der Waals surface area contributed by atoms with Gasteiger partial charge in [-0.1, -0.05) is 25.4 Å². The first kappa shape index (κ1) is 14.2. The molecule has 0 aliphatic carbocycles. The van der Waals surface area contributed by atoms with Gasteiger partial charge in [0.2, 0.25) is 0 Å². The summed E-state index contributed by atoms with van der Waals surface area (Å²) in [6, 6.07) is 7.06. The average Bonchev–Trinajstić information content (AvgIpc) is 2.36. The van der Waals surface area contributed by atoms with E-state index >= 15 is 0 Å². The highest BCUT2D eigenvalue weighted by Gasteiger charge is 2.25. The number of nitrogens with zero attached hydrogens (tertiary/aromatic N) is 1. The molecule has 0 spiro atoms. The number of carbonyl (C=O) groups excluding carboxylic acids is 1. The first-order valence-corrected chi connectivity index (χ1v) is 7.08. The maximum absolute atomic E-state index is 12.1. The van der Waals surface area contributed by atoms with Crippen LogP contribution in [0.1, 0.15) is 20.3 Å². The lowest BCUT2D eigenvalue weighted by atomic mass is 9.92. The number of rotatable bonds is 3. The number of carbonyl (C=O) groups is 1. The highest BCUT2D eigenvalue weighted by Crippen LogP contribution is 2.21. The molecule has 104 valence electrons. The molecule has 0 N–H and O–H groups in total. The predicted octanol–water partition coefficient (Wildman–Crippen LogP) is 3.22. The minimum absolute atomic E-state index is 0.0633. The molecular weight excluding hydrogens is 262 g/mol. The van der Waals surface area contributed by atoms with E-state index in [0.717, 1.165) is 13.1 Å². The van der Waals surface area contributed by atoms with Crippen molar-refractivity contribution >= 4 is 17.5 Å². The van der Waals surface area contributed by atoms with Gasteiger partial charge in [0.15, 0.2) is 6.61 Å². The number of likely N-dealkylation sites (tertiary alicyclic amines) is 1. The Morgan fingerprint density at radius 1 is 1.26 bits per heavy atom. The molecule has 1 fully saturated rings. The molecule has 2 atom stereocenters. The Hall–Kier alpha value is -1.22. The minimum Gasteiger partial charge on any atom is -0.484 e. The number of amides is 1. The van der Waals surface area contributed by atoms with Crippen LogP contribution in [0.3, 0.4) is 0 Å². The summed E-state index contributed by atoms with van der Waals surface area (Å²) in [6.45, 7) is 6.16. The van der Waals surface area contributed by atoms with Crippen molar-refractivity contribution in [2.24, 2.45) is 11.8 Å². The standard InChI is InChI=1S/C15H20ClNO2/c1-11-7-12(2)9-17(8-11)15(18)10-19-14-5-3-13(16)4-6-14/h3-6,11-12H,7-10H2,1-2H3. The van der Waals surface area contributed by atoms with Crippen LogP contribution in [-0.4, -0.2) is 30.5 Å². The highest BCUT2D eigenvalue weighted by atomic mass is 35.5. The van der Waals surface area contributed by atoms with Crippen molar-refractivity contribution in [2.75, 3.05) is 19.7 Å². The van der Waals surface area contributed by atoms with E-state index in [-0.39, 0.29) is 12.5 Å². The third-order valence-corrected chi connectivity index (χ3v) is 3.65. The van der Waals surface area contributed by atoms with E-state index in [4.69, 9.17) is 16.3 Å². The third kappa shape index (κ3) is 4.13. The monoisotopic (exact) mass is 281 g/mol. The van der Waals surface area contributed by atoms with E-state index in [2.05, 4.69) is 13.8 Å². The molecule has 19 heavy (non-hydrogen) atoms. The first-order chi connectivity index (χ1) is 9.04. The van der Waals surface area contributed by atoms with E-state index in [1.54, 1.807) is 24.3 Å². The molecule has 1 aliphatic heterocycles. The fourth-order valence-corrected chi connectivity index (χ4v) is 2.76. The van der Waals surface area contributed by atoms with Crippen molar-refractivity contribution in [3.8, 4) is 5.75 Å². The van der Waals surface area contributed by atoms with Crippen LogP contribution < -0.4 is 4.74 Å². The lowest BCUT2D eigenvalue weighted by molar-refractivity contribution is -0.136. The number of ether oxygens (including phenoxy) is 1. The predicted molar refractivity (Wildman–Crippen MR) is 76.5 cm³/mol. The van der Waals surface area contributed by atoms with Crippen LogP contribution in [0.2, 0.25) is 5.02 Å². The number of hydrogen-bond acceptors (Lipinski definition) is 2. The molecule has 2 rings (SSSR count). The average molecular weight is 282 g/mol. The van der Waals surface area contributed by atoms with Gasteiger partial charge in [0.25, 0.3) is 5.91 Å². The van der Waals surface area contributed by atoms with Gasteiger partial charge in [-0.15, -0.1) is 0 Å². The van der Waals surface area contributed by atoms with Crippen molar-refractivity contribution < 1.29 is 9.53 Å². The van der Waals surface area contributed by atoms with Gasteiger partial charge in [-0.3, -0.25) is 4.79 Å². The zero-order chi connectivity index (χ0) is 13.8. The summed E-state index contributed by atoms with van der Waals surface area (Å²) >= 11 is 5.80. The van der Waals surface area contributed by atoms with Crippen LogP contribution in [-0.2, 0) is 4.79 Å². The third-order valence-electron chi connectivity index (χ3n) is 3.40. The Balaban J connectivity index is 1.85. The van der Waals surface area contributed by atoms with Gasteiger partial charge in [-0.05, 0) is 42.5 Å². The number of benzene rings is 1. The lowest BCUT2D eigenvalue weighted by Crippen LogP contribution is -2.44. The Morgan fingerprint density at radius 2 is 1.84 bits per heavy atom. The smallest absolute Gasteiger partial charge is 0.260 e. The fourth-order valence-electron chi connectivity index (χ4n) is 2.63. The molecule has 1 aromatic rings. The minimum atomic E-state index is 0.0633. The molecule has 1 aliphatic rings. The zero-order valence-corrected chi connectivity index (χ0v) is 12.2. The number of hydrogen-bond donors (Lipinski definition) is 0. The van der Waals surface area contributed by atoms with Crippen LogP contribution in [0.5, 0.6) is 5.75 Å². The van der Waals surface area contributed by atoms with Gasteiger partial charge in [0, 0.05) is 18.1 Å². The van der Waals surface area contributed by atoms with Crippen molar-refractivity contribution in [1.29, 1.82) is 0 Å². The van der Waals surface area contributed by atoms with Crippen molar-refractivity contribution in [3.05, 3.63) is 29.3 Å². The molecule has 0 aromatic heterocycles. The first-order valence-electron chi connectivity index (χ1n) is 6.70. The van der Waals surface area contributed by atoms with Crippen molar-refractivity contribution in [1.82, 2.24) is 4.90 Å². The number of halogens is 1. The molecule has 4 heteroatoms. The van der Waals surface area contributed by atoms with Gasteiger partial charge < -0.3 is 9.64 Å². The maximum atomic E-state index is 12.1. The van der Waals surface area contributed by atoms with E-state index in [1.165, 1.54) is 6.42 Å². The summed E-state index contributed by atoms with van der Waals surface area (Å²) in [5.74, 6) is 1.88. The van der Waals surface area contributed by atoms with Crippen LogP contribution in [0.25, 0.3) is 0 Å². The van der Waals surface area contributed by atoms with Gasteiger partial charge in [-0.2, -0.15) is 0 Å². The van der Waals surface area contributed by atoms with Gasteiger partial charge in [0.1, 0.15) is 5.75 Å². The molecule has 1 aromatic carbocycles. The summed E-state index contributed by atoms with van der Waals surface area (Å²) in [4.78, 5) is 14.0. The largest absolute Gasteiger partial charge is 0.484 e. The van der Waals surface area contributed by atoms with Gasteiger partial charge >= 0.3 is 0 Å². The van der Waals surface area contributed by atoms with Crippen LogP contribution in [0, 0.1) is 11.8 Å². The normalized spacial score (nSPS) is 23.2. The van der Waals surface area contributed by atoms with E-state index < -0.39 is 0 Å². The highest BCUT2D eigenvalue weighted by molar-refractivity contribution is 6.30. The van der Waals surface area contributed by atoms with Crippen LogP contribution in [0.15, 0.2) is 24.3 Å². The molecule has 3 nitrogen and oxygen atoms in total. The molecule has 2 unspecified atom stereocenters. The summed E-state index contributed by atoms with van der Waals surface area (Å²) < 4.78 is 5.50. The SMILES string of the molecule is CC1CC(C)CN(C(=O)COc2ccc(Cl)cc2)C1. The molecular formula is C15H20ClNO2. The maximum Gasteiger partial charge on any atom is 0.260 e. The van der Waals surface area contributed by atoms with Crippen molar-refractivity contribution in [3.63, 3.8) is 0 Å². The number of piperidine rings is 1. The molecule has 1 amide bonds. The van der Waals surface area contributed by atoms with E-state index in [1.807, 2.05) is 4.90 Å². The molecule has 1 heterocycles. The Kier molecular flexibility index (Phi) is 4.70. The Labute approximate surface area is 119 Å². The summed E-state index contributed by atoms with van der Waals surface area (Å²) in [7, 11) is 0. The second-order valence-electron chi connectivity index (χ2n) is 5.49. The second kappa shape index (κ2) is 6.29. The summed E-state index contributed by atoms with van der Waals surface area (Å²) in [5, 5.41) is 0.664. The van der Waals surface area contributed by atoms with E-state index in [0.29, 0.717) is 22.6 Å². The molecule has 0 radical (unpaired) electrons. The Morgan fingerprint density at radius 3 is 2.42 bits per heavy atom. The zero-order valence-electron chi connectivity index (χ0n) is 11.4. The van der Waals surface area contributed by atoms with Gasteiger partial charge in [-0.25, -0.2) is 0 Å². The molecule has 1 saturated heterocycles. The molecule has 0 bridgehead atoms. The summed E-state index contributed by atoms with van der Waals surface area (Å²) in [6.07, 6.45) is 1.20. The second-order valence-corrected chi connectivity index (χ2v) is 5.92. The van der Waals surface area contributed by atoms with Gasteiger partial charge in [0.05, 0.1) is 0 Å². The quantitative estimate of drug-likeness (QED) is 0.851. The summed E-state index contributed by atoms with van der Waals surface area (Å²) in [5.41, 5.74) is 0. The van der Waals surface area contributed by atoms with Crippen molar-refractivity contribution in [2.45, 2.75) is 20.3 Å². The Bertz CT molecular complexity index is 422. The van der Waals surface area contributed by atoms with Crippen LogP contribution in [0.4, 0.5) is 0 Å².